The van der Waals surface area contributed by atoms with E-state index in [2.05, 4.69) is 46.7 Å². The van der Waals surface area contributed by atoms with E-state index in [1.54, 1.807) is 23.0 Å². The molecule has 4 aromatic heterocycles. The number of fused-ring (bicyclic) bond motifs is 1. The van der Waals surface area contributed by atoms with Gasteiger partial charge >= 0.3 is 0 Å². The number of nitrogens with zero attached hydrogens (tertiary/aromatic N) is 7. The molecular formula is C24H28N10O. The minimum atomic E-state index is -0.155. The van der Waals surface area contributed by atoms with Crippen molar-refractivity contribution in [2.75, 3.05) is 17.3 Å². The van der Waals surface area contributed by atoms with Crippen LogP contribution in [0.1, 0.15) is 60.6 Å². The van der Waals surface area contributed by atoms with Gasteiger partial charge in [-0.05, 0) is 50.7 Å². The Morgan fingerprint density at radius 2 is 1.94 bits per heavy atom. The standard InChI is InChI=1S/C24H28N10O/c1-33(23-26-11-9-20(30-23)29-21-13-18(31-32-21)15-3-4-15)17-7-5-16(6-8-17)27-22(35)19-14-34-12-2-10-25-24(34)28-19/h2,9-17H,3-8H2,1H3,(H,27,35)(H2,26,29,30,31,32). The zero-order valence-corrected chi connectivity index (χ0v) is 19.6. The summed E-state index contributed by atoms with van der Waals surface area (Å²) < 4.78 is 1.75. The van der Waals surface area contributed by atoms with Gasteiger partial charge in [-0.1, -0.05) is 0 Å². The lowest BCUT2D eigenvalue weighted by molar-refractivity contribution is 0.0921. The molecule has 3 N–H and O–H groups in total. The Morgan fingerprint density at radius 1 is 1.09 bits per heavy atom. The first-order chi connectivity index (χ1) is 17.1. The summed E-state index contributed by atoms with van der Waals surface area (Å²) in [7, 11) is 2.03. The molecule has 11 heteroatoms. The van der Waals surface area contributed by atoms with Gasteiger partial charge < -0.3 is 15.5 Å². The van der Waals surface area contributed by atoms with Crippen molar-refractivity contribution in [2.24, 2.45) is 0 Å². The first-order valence-electron chi connectivity index (χ1n) is 12.1. The number of nitrogens with one attached hydrogen (secondary N) is 3. The molecule has 6 rings (SSSR count). The quantitative estimate of drug-likeness (QED) is 0.374. The molecule has 4 aromatic rings. The minimum absolute atomic E-state index is 0.124. The molecule has 0 radical (unpaired) electrons. The summed E-state index contributed by atoms with van der Waals surface area (Å²) in [6, 6.07) is 6.15. The average Bonchev–Trinajstić information content (AvgIpc) is 3.47. The summed E-state index contributed by atoms with van der Waals surface area (Å²) in [6.07, 6.45) is 13.1. The van der Waals surface area contributed by atoms with Gasteiger partial charge in [-0.2, -0.15) is 10.1 Å². The normalized spacial score (nSPS) is 20.0. The fraction of sp³-hybridized carbons (Fsp3) is 0.417. The molecule has 0 saturated heterocycles. The predicted molar refractivity (Wildman–Crippen MR) is 131 cm³/mol. The highest BCUT2D eigenvalue weighted by Crippen LogP contribution is 2.39. The van der Waals surface area contributed by atoms with Crippen LogP contribution in [0, 0.1) is 0 Å². The highest BCUT2D eigenvalue weighted by Gasteiger charge is 2.28. The average molecular weight is 473 g/mol. The number of hydrogen-bond acceptors (Lipinski definition) is 8. The van der Waals surface area contributed by atoms with E-state index in [1.807, 2.05) is 25.4 Å². The second-order valence-electron chi connectivity index (χ2n) is 9.39. The molecule has 4 heterocycles. The van der Waals surface area contributed by atoms with E-state index in [0.717, 1.165) is 37.3 Å². The fourth-order valence-electron chi connectivity index (χ4n) is 4.69. The number of carbonyl (C=O) groups is 1. The molecule has 0 atom stereocenters. The molecular weight excluding hydrogens is 444 g/mol. The highest BCUT2D eigenvalue weighted by molar-refractivity contribution is 5.92. The minimum Gasteiger partial charge on any atom is -0.348 e. The third-order valence-corrected chi connectivity index (χ3v) is 6.88. The summed E-state index contributed by atoms with van der Waals surface area (Å²) in [6.45, 7) is 0. The summed E-state index contributed by atoms with van der Waals surface area (Å²) in [5.74, 6) is 3.17. The summed E-state index contributed by atoms with van der Waals surface area (Å²) >= 11 is 0. The van der Waals surface area contributed by atoms with E-state index >= 15 is 0 Å². The number of anilines is 3. The van der Waals surface area contributed by atoms with Crippen molar-refractivity contribution < 1.29 is 4.79 Å². The number of aromatic amines is 1. The highest BCUT2D eigenvalue weighted by atomic mass is 16.2. The lowest BCUT2D eigenvalue weighted by atomic mass is 9.90. The van der Waals surface area contributed by atoms with Crippen molar-refractivity contribution in [3.8, 4) is 0 Å². The maximum Gasteiger partial charge on any atom is 0.271 e. The van der Waals surface area contributed by atoms with Crippen LogP contribution in [0.15, 0.2) is 43.0 Å². The SMILES string of the molecule is CN(c1nccc(Nc2cc(C3CC3)[nH]n2)n1)C1CCC(NC(=O)c2cn3cccnc3n2)CC1. The van der Waals surface area contributed by atoms with Gasteiger partial charge in [0.15, 0.2) is 5.82 Å². The Morgan fingerprint density at radius 3 is 2.74 bits per heavy atom. The third kappa shape index (κ3) is 4.66. The van der Waals surface area contributed by atoms with Crippen LogP contribution in [-0.4, -0.2) is 59.6 Å². The van der Waals surface area contributed by atoms with Gasteiger partial charge in [-0.15, -0.1) is 0 Å². The number of amides is 1. The van der Waals surface area contributed by atoms with E-state index in [9.17, 15) is 4.79 Å². The van der Waals surface area contributed by atoms with Crippen LogP contribution in [0.3, 0.4) is 0 Å². The first-order valence-corrected chi connectivity index (χ1v) is 12.1. The molecule has 0 spiro atoms. The first kappa shape index (κ1) is 21.5. The van der Waals surface area contributed by atoms with Gasteiger partial charge in [-0.25, -0.2) is 15.0 Å². The van der Waals surface area contributed by atoms with E-state index in [-0.39, 0.29) is 11.9 Å². The van der Waals surface area contributed by atoms with Crippen molar-refractivity contribution >= 4 is 29.3 Å². The summed E-state index contributed by atoms with van der Waals surface area (Å²) in [4.78, 5) is 32.5. The van der Waals surface area contributed by atoms with Gasteiger partial charge in [0.2, 0.25) is 11.7 Å². The number of hydrogen-bond donors (Lipinski definition) is 3. The number of rotatable bonds is 7. The molecule has 2 aliphatic rings. The molecule has 0 bridgehead atoms. The van der Waals surface area contributed by atoms with Gasteiger partial charge in [0.1, 0.15) is 11.5 Å². The van der Waals surface area contributed by atoms with Crippen molar-refractivity contribution in [3.63, 3.8) is 0 Å². The molecule has 2 fully saturated rings. The van der Waals surface area contributed by atoms with Gasteiger partial charge in [0.05, 0.1) is 0 Å². The molecule has 0 aromatic carbocycles. The van der Waals surface area contributed by atoms with Gasteiger partial charge in [0, 0.05) is 61.6 Å². The fourth-order valence-corrected chi connectivity index (χ4v) is 4.69. The second kappa shape index (κ2) is 8.97. The number of carbonyl (C=O) groups excluding carboxylic acids is 1. The predicted octanol–water partition coefficient (Wildman–Crippen LogP) is 3.04. The molecule has 11 nitrogen and oxygen atoms in total. The number of aromatic nitrogens is 7. The molecule has 2 aliphatic carbocycles. The maximum absolute atomic E-state index is 12.7. The van der Waals surface area contributed by atoms with E-state index in [1.165, 1.54) is 18.5 Å². The van der Waals surface area contributed by atoms with Crippen LogP contribution in [0.2, 0.25) is 0 Å². The van der Waals surface area contributed by atoms with E-state index < -0.39 is 0 Å². The smallest absolute Gasteiger partial charge is 0.271 e. The van der Waals surface area contributed by atoms with Crippen LogP contribution in [0.25, 0.3) is 5.78 Å². The third-order valence-electron chi connectivity index (χ3n) is 6.88. The van der Waals surface area contributed by atoms with Crippen LogP contribution in [0.5, 0.6) is 0 Å². The van der Waals surface area contributed by atoms with E-state index in [0.29, 0.717) is 29.4 Å². The summed E-state index contributed by atoms with van der Waals surface area (Å²) in [5, 5.41) is 13.9. The Balaban J connectivity index is 1.04. The van der Waals surface area contributed by atoms with Crippen molar-refractivity contribution in [1.29, 1.82) is 0 Å². The summed E-state index contributed by atoms with van der Waals surface area (Å²) in [5.41, 5.74) is 1.57. The van der Waals surface area contributed by atoms with E-state index in [4.69, 9.17) is 4.98 Å². The number of H-pyrrole nitrogens is 1. The van der Waals surface area contributed by atoms with Crippen molar-refractivity contribution in [3.05, 3.63) is 54.4 Å². The Labute approximate surface area is 202 Å². The molecule has 0 unspecified atom stereocenters. The van der Waals surface area contributed by atoms with Crippen LogP contribution in [-0.2, 0) is 0 Å². The van der Waals surface area contributed by atoms with Crippen LogP contribution >= 0.6 is 0 Å². The van der Waals surface area contributed by atoms with Gasteiger partial charge in [0.25, 0.3) is 5.91 Å². The monoisotopic (exact) mass is 472 g/mol. The lowest BCUT2D eigenvalue weighted by Gasteiger charge is -2.34. The van der Waals surface area contributed by atoms with Crippen LogP contribution in [0.4, 0.5) is 17.6 Å². The molecule has 180 valence electrons. The zero-order chi connectivity index (χ0) is 23.8. The molecule has 0 aliphatic heterocycles. The Hall–Kier alpha value is -4.02. The maximum atomic E-state index is 12.7. The second-order valence-corrected chi connectivity index (χ2v) is 9.39. The molecule has 1 amide bonds. The Kier molecular flexibility index (Phi) is 5.51. The van der Waals surface area contributed by atoms with Crippen molar-refractivity contribution in [1.82, 2.24) is 39.9 Å². The lowest BCUT2D eigenvalue weighted by Crippen LogP contribution is -2.43. The zero-order valence-electron chi connectivity index (χ0n) is 19.6. The van der Waals surface area contributed by atoms with Crippen LogP contribution < -0.4 is 15.5 Å². The largest absolute Gasteiger partial charge is 0.348 e. The van der Waals surface area contributed by atoms with Gasteiger partial charge in [-0.3, -0.25) is 14.3 Å². The Bertz CT molecular complexity index is 1300. The molecule has 35 heavy (non-hydrogen) atoms. The molecule has 2 saturated carbocycles. The number of imidazole rings is 1. The topological polar surface area (TPSA) is 129 Å². The van der Waals surface area contributed by atoms with Crippen molar-refractivity contribution in [2.45, 2.75) is 56.5 Å².